The Kier molecular flexibility index (Phi) is 4.69. The molecule has 2 aromatic rings. The number of hydrogen-bond acceptors (Lipinski definition) is 5. The van der Waals surface area contributed by atoms with Crippen LogP contribution in [0.15, 0.2) is 28.8 Å². The summed E-state index contributed by atoms with van der Waals surface area (Å²) in [5, 5.41) is 4.71. The number of rotatable bonds is 4. The molecule has 1 unspecified atom stereocenters. The van der Waals surface area contributed by atoms with E-state index in [1.807, 2.05) is 31.2 Å². The molecule has 1 saturated heterocycles. The Morgan fingerprint density at radius 3 is 3.09 bits per heavy atom. The Hall–Kier alpha value is -1.53. The number of carbonyl (C=O) groups is 1. The van der Waals surface area contributed by atoms with E-state index in [4.69, 9.17) is 16.1 Å². The Labute approximate surface area is 138 Å². The van der Waals surface area contributed by atoms with Crippen molar-refractivity contribution in [2.75, 3.05) is 11.6 Å². The second-order valence-corrected chi connectivity index (χ2v) is 6.46. The van der Waals surface area contributed by atoms with Crippen molar-refractivity contribution in [1.29, 1.82) is 0 Å². The van der Waals surface area contributed by atoms with Gasteiger partial charge in [-0.1, -0.05) is 41.9 Å². The fourth-order valence-electron chi connectivity index (χ4n) is 2.38. The molecule has 1 aliphatic heterocycles. The third kappa shape index (κ3) is 3.13. The molecule has 0 radical (unpaired) electrons. The summed E-state index contributed by atoms with van der Waals surface area (Å²) in [7, 11) is 0. The fourth-order valence-corrected chi connectivity index (χ4v) is 3.76. The first-order chi connectivity index (χ1) is 10.7. The minimum atomic E-state index is -0.120. The van der Waals surface area contributed by atoms with Gasteiger partial charge < -0.3 is 9.42 Å². The number of benzene rings is 1. The lowest BCUT2D eigenvalue weighted by molar-refractivity contribution is -0.131. The van der Waals surface area contributed by atoms with Gasteiger partial charge in [-0.05, 0) is 11.6 Å². The van der Waals surface area contributed by atoms with Crippen molar-refractivity contribution in [1.82, 2.24) is 15.0 Å². The van der Waals surface area contributed by atoms with Gasteiger partial charge in [0.05, 0.1) is 5.88 Å². The maximum absolute atomic E-state index is 11.9. The van der Waals surface area contributed by atoms with Crippen LogP contribution in [0, 0.1) is 0 Å². The lowest BCUT2D eigenvalue weighted by Gasteiger charge is -2.19. The number of nitrogens with zero attached hydrogens (tertiary/aromatic N) is 3. The van der Waals surface area contributed by atoms with Gasteiger partial charge in [-0.2, -0.15) is 4.98 Å². The van der Waals surface area contributed by atoms with Crippen LogP contribution < -0.4 is 0 Å². The van der Waals surface area contributed by atoms with E-state index >= 15 is 0 Å². The summed E-state index contributed by atoms with van der Waals surface area (Å²) < 4.78 is 5.37. The average molecular weight is 338 g/mol. The van der Waals surface area contributed by atoms with Crippen molar-refractivity contribution in [2.45, 2.75) is 25.8 Å². The Balaban J connectivity index is 1.76. The molecule has 2 heterocycles. The van der Waals surface area contributed by atoms with E-state index in [-0.39, 0.29) is 11.9 Å². The van der Waals surface area contributed by atoms with Crippen LogP contribution in [0.4, 0.5) is 0 Å². The smallest absolute Gasteiger partial charge is 0.250 e. The first-order valence-electron chi connectivity index (χ1n) is 7.12. The number of hydrogen-bond donors (Lipinski definition) is 0. The predicted octanol–water partition coefficient (Wildman–Crippen LogP) is 3.30. The molecule has 1 aromatic carbocycles. The molecule has 3 rings (SSSR count). The molecule has 22 heavy (non-hydrogen) atoms. The van der Waals surface area contributed by atoms with E-state index in [0.29, 0.717) is 35.5 Å². The van der Waals surface area contributed by atoms with Crippen LogP contribution in [-0.4, -0.2) is 32.6 Å². The van der Waals surface area contributed by atoms with Crippen LogP contribution in [0.1, 0.15) is 36.7 Å². The normalized spacial score (nSPS) is 17.9. The summed E-state index contributed by atoms with van der Waals surface area (Å²) in [5.41, 5.74) is 0.957. The van der Waals surface area contributed by atoms with Gasteiger partial charge in [0.15, 0.2) is 5.82 Å². The summed E-state index contributed by atoms with van der Waals surface area (Å²) in [6.07, 6.45) is 1.00. The van der Waals surface area contributed by atoms with Gasteiger partial charge in [-0.15, -0.1) is 11.8 Å². The van der Waals surface area contributed by atoms with Crippen LogP contribution in [0.25, 0.3) is 0 Å². The van der Waals surface area contributed by atoms with Gasteiger partial charge in [0.1, 0.15) is 6.04 Å². The third-order valence-corrected chi connectivity index (χ3v) is 4.96. The first kappa shape index (κ1) is 15.4. The van der Waals surface area contributed by atoms with Crippen LogP contribution in [0.3, 0.4) is 0 Å². The fraction of sp³-hybridized carbons (Fsp3) is 0.400. The highest BCUT2D eigenvalue weighted by Crippen LogP contribution is 2.33. The maximum Gasteiger partial charge on any atom is 0.250 e. The predicted molar refractivity (Wildman–Crippen MR) is 85.8 cm³/mol. The first-order valence-corrected chi connectivity index (χ1v) is 8.65. The van der Waals surface area contributed by atoms with E-state index < -0.39 is 0 Å². The number of thioether (sulfide) groups is 1. The van der Waals surface area contributed by atoms with Crippen LogP contribution in [0.5, 0.6) is 0 Å². The summed E-state index contributed by atoms with van der Waals surface area (Å²) >= 11 is 7.85. The largest absolute Gasteiger partial charge is 0.337 e. The molecule has 0 spiro atoms. The molecule has 116 valence electrons. The zero-order chi connectivity index (χ0) is 15.5. The Morgan fingerprint density at radius 2 is 2.32 bits per heavy atom. The molecule has 0 aliphatic carbocycles. The average Bonchev–Trinajstić information content (AvgIpc) is 3.17. The molecule has 5 nitrogen and oxygen atoms in total. The van der Waals surface area contributed by atoms with Gasteiger partial charge in [-0.25, -0.2) is 0 Å². The van der Waals surface area contributed by atoms with Crippen molar-refractivity contribution in [2.24, 2.45) is 0 Å². The second-order valence-electron chi connectivity index (χ2n) is 5.05. The van der Waals surface area contributed by atoms with Crippen molar-refractivity contribution in [3.8, 4) is 0 Å². The topological polar surface area (TPSA) is 59.2 Å². The molecule has 1 aromatic heterocycles. The van der Waals surface area contributed by atoms with E-state index in [1.165, 1.54) is 0 Å². The van der Waals surface area contributed by atoms with Crippen LogP contribution in [-0.2, 0) is 11.2 Å². The quantitative estimate of drug-likeness (QED) is 0.856. The molecule has 0 saturated carbocycles. The van der Waals surface area contributed by atoms with E-state index in [1.54, 1.807) is 16.7 Å². The van der Waals surface area contributed by atoms with Gasteiger partial charge in [-0.3, -0.25) is 4.79 Å². The highest BCUT2D eigenvalue weighted by Gasteiger charge is 2.33. The second kappa shape index (κ2) is 6.71. The van der Waals surface area contributed by atoms with E-state index in [9.17, 15) is 4.79 Å². The molecule has 0 bridgehead atoms. The highest BCUT2D eigenvalue weighted by molar-refractivity contribution is 7.99. The minimum absolute atomic E-state index is 0.112. The number of halogens is 1. The molecular weight excluding hydrogens is 322 g/mol. The third-order valence-electron chi connectivity index (χ3n) is 3.58. The SMILES string of the molecule is CCC(=O)N1CSCC1c1nc(Cc2ccccc2Cl)no1. The molecule has 1 fully saturated rings. The maximum atomic E-state index is 11.9. The van der Waals surface area contributed by atoms with E-state index in [0.717, 1.165) is 11.3 Å². The van der Waals surface area contributed by atoms with Crippen LogP contribution >= 0.6 is 23.4 Å². The summed E-state index contributed by atoms with van der Waals surface area (Å²) in [4.78, 5) is 18.2. The summed E-state index contributed by atoms with van der Waals surface area (Å²) in [6.45, 7) is 1.86. The van der Waals surface area contributed by atoms with Crippen molar-refractivity contribution >= 4 is 29.3 Å². The van der Waals surface area contributed by atoms with Crippen molar-refractivity contribution < 1.29 is 9.32 Å². The lowest BCUT2D eigenvalue weighted by Crippen LogP contribution is -2.30. The van der Waals surface area contributed by atoms with Gasteiger partial charge in [0.2, 0.25) is 11.8 Å². The zero-order valence-electron chi connectivity index (χ0n) is 12.2. The molecule has 1 atom stereocenters. The summed E-state index contributed by atoms with van der Waals surface area (Å²) in [6, 6.07) is 7.48. The van der Waals surface area contributed by atoms with Gasteiger partial charge in [0, 0.05) is 23.6 Å². The zero-order valence-corrected chi connectivity index (χ0v) is 13.7. The molecule has 0 N–H and O–H groups in total. The highest BCUT2D eigenvalue weighted by atomic mass is 35.5. The van der Waals surface area contributed by atoms with Crippen molar-refractivity contribution in [3.05, 3.63) is 46.6 Å². The number of aromatic nitrogens is 2. The van der Waals surface area contributed by atoms with Crippen molar-refractivity contribution in [3.63, 3.8) is 0 Å². The monoisotopic (exact) mass is 337 g/mol. The Morgan fingerprint density at radius 1 is 1.50 bits per heavy atom. The van der Waals surface area contributed by atoms with E-state index in [2.05, 4.69) is 10.1 Å². The standard InChI is InChI=1S/C15H16ClN3O2S/c1-2-14(20)19-9-22-8-12(19)15-17-13(18-21-15)7-10-5-3-4-6-11(10)16/h3-6,12H,2,7-9H2,1H3. The number of carbonyl (C=O) groups excluding carboxylic acids is 1. The molecule has 1 aliphatic rings. The van der Waals surface area contributed by atoms with Gasteiger partial charge >= 0.3 is 0 Å². The minimum Gasteiger partial charge on any atom is -0.337 e. The van der Waals surface area contributed by atoms with Gasteiger partial charge in [0.25, 0.3) is 0 Å². The van der Waals surface area contributed by atoms with Crippen LogP contribution in [0.2, 0.25) is 5.02 Å². The molecule has 7 heteroatoms. The molecule has 1 amide bonds. The number of amides is 1. The summed E-state index contributed by atoms with van der Waals surface area (Å²) in [5.74, 6) is 2.68. The lowest BCUT2D eigenvalue weighted by atomic mass is 10.1. The Bertz CT molecular complexity index is 676. The molecular formula is C15H16ClN3O2S.